The van der Waals surface area contributed by atoms with Crippen LogP contribution in [0, 0.1) is 0 Å². The van der Waals surface area contributed by atoms with Crippen LogP contribution < -0.4 is 10.0 Å². The summed E-state index contributed by atoms with van der Waals surface area (Å²) in [4.78, 5) is 41.2. The molecule has 0 N–H and O–H groups in total. The van der Waals surface area contributed by atoms with E-state index in [0.29, 0.717) is 11.3 Å². The number of nitrogens with zero attached hydrogens (tertiary/aromatic N) is 2. The number of rotatable bonds is 4. The monoisotopic (exact) mass is 387 g/mol. The zero-order chi connectivity index (χ0) is 18.7. The summed E-state index contributed by atoms with van der Waals surface area (Å²) >= 11 is 7.08. The van der Waals surface area contributed by atoms with Gasteiger partial charge in [-0.05, 0) is 24.3 Å². The van der Waals surface area contributed by atoms with E-state index in [2.05, 4.69) is 4.99 Å². The molecule has 2 amide bonds. The predicted molar refractivity (Wildman–Crippen MR) is 98.1 cm³/mol. The van der Waals surface area contributed by atoms with E-state index in [1.54, 1.807) is 54.6 Å². The van der Waals surface area contributed by atoms with Crippen LogP contribution in [0.1, 0.15) is 16.8 Å². The van der Waals surface area contributed by atoms with Crippen molar-refractivity contribution >= 4 is 52.0 Å². The van der Waals surface area contributed by atoms with Gasteiger partial charge in [0.1, 0.15) is 0 Å². The molecule has 0 bridgehead atoms. The van der Waals surface area contributed by atoms with Gasteiger partial charge in [0.2, 0.25) is 5.91 Å². The average Bonchev–Trinajstić information content (AvgIpc) is 2.91. The number of aliphatic imine (C=N–C) groups is 1. The molecular formula is C18H12ClN2O4S-. The van der Waals surface area contributed by atoms with Crippen LogP contribution in [-0.2, 0) is 9.59 Å². The Balaban J connectivity index is 2.01. The highest BCUT2D eigenvalue weighted by atomic mass is 35.5. The number of carboxylic acids is 1. The second kappa shape index (κ2) is 7.72. The zero-order valence-corrected chi connectivity index (χ0v) is 14.9. The maximum absolute atomic E-state index is 12.7. The maximum atomic E-state index is 12.7. The van der Waals surface area contributed by atoms with E-state index in [9.17, 15) is 19.5 Å². The number of carboxylic acid groups (broad SMARTS) is 1. The molecule has 0 spiro atoms. The fourth-order valence-corrected chi connectivity index (χ4v) is 3.74. The molecule has 0 saturated carbocycles. The van der Waals surface area contributed by atoms with Gasteiger partial charge in [-0.15, -0.1) is 0 Å². The minimum absolute atomic E-state index is 0.0863. The number of thioether (sulfide) groups is 1. The standard InChI is InChI=1S/C18H13ClN2O4S/c19-12-8-4-5-9-13(12)21-17(25)14(10-15(22)23)26-18(21)20-16(24)11-6-2-1-3-7-11/h1-9,14H,10H2,(H,22,23)/p-1/t14-/m0/s1. The van der Waals surface area contributed by atoms with Crippen LogP contribution in [0.4, 0.5) is 5.69 Å². The SMILES string of the molecule is O=C([O-])C[C@@H]1SC(=NC(=O)c2ccccc2)N(c2ccccc2Cl)C1=O. The molecule has 1 aliphatic heterocycles. The van der Waals surface area contributed by atoms with Crippen LogP contribution in [0.5, 0.6) is 0 Å². The first-order chi connectivity index (χ1) is 12.5. The van der Waals surface area contributed by atoms with Crippen LogP contribution in [-0.4, -0.2) is 28.2 Å². The molecule has 3 rings (SSSR count). The lowest BCUT2D eigenvalue weighted by Gasteiger charge is -2.17. The van der Waals surface area contributed by atoms with Gasteiger partial charge in [-0.25, -0.2) is 0 Å². The number of para-hydroxylation sites is 1. The van der Waals surface area contributed by atoms with E-state index in [4.69, 9.17) is 11.6 Å². The fraction of sp³-hybridized carbons (Fsp3) is 0.111. The van der Waals surface area contributed by atoms with E-state index in [1.165, 1.54) is 4.90 Å². The summed E-state index contributed by atoms with van der Waals surface area (Å²) in [5, 5.41) is 10.4. The van der Waals surface area contributed by atoms with E-state index >= 15 is 0 Å². The highest BCUT2D eigenvalue weighted by Gasteiger charge is 2.40. The van der Waals surface area contributed by atoms with Gasteiger partial charge in [0.05, 0.1) is 16.0 Å². The lowest BCUT2D eigenvalue weighted by Crippen LogP contribution is -2.35. The Labute approximate surface area is 158 Å². The molecule has 1 saturated heterocycles. The highest BCUT2D eigenvalue weighted by molar-refractivity contribution is 8.16. The molecule has 1 aliphatic rings. The molecule has 1 heterocycles. The van der Waals surface area contributed by atoms with E-state index < -0.39 is 29.5 Å². The van der Waals surface area contributed by atoms with Crippen LogP contribution >= 0.6 is 23.4 Å². The summed E-state index contributed by atoms with van der Waals surface area (Å²) in [7, 11) is 0. The third-order valence-corrected chi connectivity index (χ3v) is 5.06. The Morgan fingerprint density at radius 3 is 2.42 bits per heavy atom. The normalized spacial score (nSPS) is 18.3. The van der Waals surface area contributed by atoms with Gasteiger partial charge < -0.3 is 9.90 Å². The summed E-state index contributed by atoms with van der Waals surface area (Å²) in [6.45, 7) is 0. The molecule has 2 aromatic carbocycles. The van der Waals surface area contributed by atoms with Gasteiger partial charge >= 0.3 is 0 Å². The fourth-order valence-electron chi connectivity index (χ4n) is 2.41. The first-order valence-electron chi connectivity index (χ1n) is 7.60. The largest absolute Gasteiger partial charge is 0.550 e. The van der Waals surface area contributed by atoms with Crippen LogP contribution in [0.3, 0.4) is 0 Å². The van der Waals surface area contributed by atoms with E-state index in [1.807, 2.05) is 0 Å². The lowest BCUT2D eigenvalue weighted by molar-refractivity contribution is -0.305. The Morgan fingerprint density at radius 1 is 1.12 bits per heavy atom. The lowest BCUT2D eigenvalue weighted by atomic mass is 10.2. The van der Waals surface area contributed by atoms with Crippen molar-refractivity contribution < 1.29 is 19.5 Å². The van der Waals surface area contributed by atoms with Crippen molar-refractivity contribution in [3.63, 3.8) is 0 Å². The van der Waals surface area contributed by atoms with Crippen molar-refractivity contribution in [2.45, 2.75) is 11.7 Å². The highest BCUT2D eigenvalue weighted by Crippen LogP contribution is 2.37. The van der Waals surface area contributed by atoms with Crippen molar-refractivity contribution in [1.29, 1.82) is 0 Å². The summed E-state index contributed by atoms with van der Waals surface area (Å²) in [5.41, 5.74) is 0.697. The zero-order valence-electron chi connectivity index (χ0n) is 13.3. The molecular weight excluding hydrogens is 376 g/mol. The van der Waals surface area contributed by atoms with Crippen LogP contribution in [0.25, 0.3) is 0 Å². The van der Waals surface area contributed by atoms with Crippen molar-refractivity contribution in [3.8, 4) is 0 Å². The van der Waals surface area contributed by atoms with Gasteiger partial charge in [0, 0.05) is 18.0 Å². The van der Waals surface area contributed by atoms with Crippen LogP contribution in [0.2, 0.25) is 5.02 Å². The Morgan fingerprint density at radius 2 is 1.77 bits per heavy atom. The molecule has 1 fully saturated rings. The van der Waals surface area contributed by atoms with E-state index in [0.717, 1.165) is 11.8 Å². The molecule has 0 unspecified atom stereocenters. The van der Waals surface area contributed by atoms with Gasteiger partial charge in [0.25, 0.3) is 5.91 Å². The molecule has 0 aromatic heterocycles. The third-order valence-electron chi connectivity index (χ3n) is 3.60. The summed E-state index contributed by atoms with van der Waals surface area (Å²) in [5.74, 6) is -2.40. The maximum Gasteiger partial charge on any atom is 0.279 e. The van der Waals surface area contributed by atoms with E-state index in [-0.39, 0.29) is 10.2 Å². The second-order valence-corrected chi connectivity index (χ2v) is 6.95. The minimum atomic E-state index is -1.36. The van der Waals surface area contributed by atoms with Gasteiger partial charge in [-0.1, -0.05) is 53.7 Å². The van der Waals surface area contributed by atoms with Crippen molar-refractivity contribution in [2.24, 2.45) is 4.99 Å². The molecule has 132 valence electrons. The molecule has 2 aromatic rings. The first-order valence-corrected chi connectivity index (χ1v) is 8.86. The number of carbonyl (C=O) groups is 3. The summed E-state index contributed by atoms with van der Waals surface area (Å²) in [6.07, 6.45) is -0.483. The van der Waals surface area contributed by atoms with Crippen molar-refractivity contribution in [2.75, 3.05) is 4.90 Å². The molecule has 8 heteroatoms. The summed E-state index contributed by atoms with van der Waals surface area (Å²) in [6, 6.07) is 15.0. The number of halogens is 1. The Bertz CT molecular complexity index is 901. The third kappa shape index (κ3) is 3.79. The number of carbonyl (C=O) groups excluding carboxylic acids is 3. The quantitative estimate of drug-likeness (QED) is 0.801. The number of amides is 2. The van der Waals surface area contributed by atoms with Gasteiger partial charge in [0.15, 0.2) is 5.17 Å². The number of benzene rings is 2. The smallest absolute Gasteiger partial charge is 0.279 e. The number of aliphatic carboxylic acids is 1. The minimum Gasteiger partial charge on any atom is -0.550 e. The molecule has 0 aliphatic carbocycles. The summed E-state index contributed by atoms with van der Waals surface area (Å²) < 4.78 is 0. The molecule has 1 atom stereocenters. The predicted octanol–water partition coefficient (Wildman–Crippen LogP) is 2.12. The molecule has 0 radical (unpaired) electrons. The average molecular weight is 388 g/mol. The Kier molecular flexibility index (Phi) is 5.39. The van der Waals surface area contributed by atoms with Crippen LogP contribution in [0.15, 0.2) is 59.6 Å². The number of hydrogen-bond donors (Lipinski definition) is 0. The van der Waals surface area contributed by atoms with Crippen molar-refractivity contribution in [1.82, 2.24) is 0 Å². The molecule has 26 heavy (non-hydrogen) atoms. The first kappa shape index (κ1) is 18.2. The van der Waals surface area contributed by atoms with Gasteiger partial charge in [-0.2, -0.15) is 4.99 Å². The second-order valence-electron chi connectivity index (χ2n) is 5.37. The van der Waals surface area contributed by atoms with Gasteiger partial charge in [-0.3, -0.25) is 14.5 Å². The number of anilines is 1. The Hall–Kier alpha value is -2.64. The number of amidine groups is 1. The molecule has 6 nitrogen and oxygen atoms in total. The van der Waals surface area contributed by atoms with Crippen molar-refractivity contribution in [3.05, 3.63) is 65.2 Å². The number of hydrogen-bond acceptors (Lipinski definition) is 5. The topological polar surface area (TPSA) is 89.9 Å².